The summed E-state index contributed by atoms with van der Waals surface area (Å²) < 4.78 is 7.16. The van der Waals surface area contributed by atoms with E-state index in [2.05, 4.69) is 138 Å². The van der Waals surface area contributed by atoms with Crippen LogP contribution in [0, 0.1) is 6.92 Å². The molecular weight excluding hydrogens is 494 g/mol. The fourth-order valence-corrected chi connectivity index (χ4v) is 7.30. The minimum Gasteiger partial charge on any atom is -0.294 e. The maximum atomic E-state index is 5.52. The van der Waals surface area contributed by atoms with E-state index >= 15 is 0 Å². The van der Waals surface area contributed by atoms with Gasteiger partial charge in [-0.15, -0.1) is 11.3 Å². The number of nitrogens with zero attached hydrogens (tertiary/aromatic N) is 3. The lowest BCUT2D eigenvalue weighted by Gasteiger charge is -2.14. The van der Waals surface area contributed by atoms with Crippen LogP contribution < -0.4 is 0 Å². The van der Waals surface area contributed by atoms with E-state index in [1.165, 1.54) is 64.1 Å². The van der Waals surface area contributed by atoms with Crippen molar-refractivity contribution in [1.29, 1.82) is 0 Å². The summed E-state index contributed by atoms with van der Waals surface area (Å²) in [6.45, 7) is 4.29. The van der Waals surface area contributed by atoms with E-state index in [0.29, 0.717) is 0 Å². The van der Waals surface area contributed by atoms with Crippen molar-refractivity contribution in [3.05, 3.63) is 120 Å². The number of para-hydroxylation sites is 3. The lowest BCUT2D eigenvalue weighted by Crippen LogP contribution is -2.05. The molecule has 0 amide bonds. The first-order valence-electron chi connectivity index (χ1n) is 13.3. The Labute approximate surface area is 229 Å². The van der Waals surface area contributed by atoms with Gasteiger partial charge in [-0.3, -0.25) is 9.13 Å². The van der Waals surface area contributed by atoms with Crippen LogP contribution in [0.15, 0.2) is 109 Å². The molecule has 8 rings (SSSR count). The lowest BCUT2D eigenvalue weighted by molar-refractivity contribution is 0.997. The molecule has 0 N–H and O–H groups in total. The van der Waals surface area contributed by atoms with E-state index in [-0.39, 0.29) is 0 Å². The molecule has 4 heteroatoms. The monoisotopic (exact) mass is 519 g/mol. The van der Waals surface area contributed by atoms with Crippen molar-refractivity contribution in [3.63, 3.8) is 0 Å². The Morgan fingerprint density at radius 3 is 1.87 bits per heavy atom. The zero-order valence-electron chi connectivity index (χ0n) is 21.7. The Kier molecular flexibility index (Phi) is 4.82. The van der Waals surface area contributed by atoms with Crippen molar-refractivity contribution in [1.82, 2.24) is 14.1 Å². The van der Waals surface area contributed by atoms with Crippen molar-refractivity contribution in [2.45, 2.75) is 13.8 Å². The predicted molar refractivity (Wildman–Crippen MR) is 168 cm³/mol. The van der Waals surface area contributed by atoms with Gasteiger partial charge in [-0.05, 0) is 55.8 Å². The van der Waals surface area contributed by atoms with E-state index in [4.69, 9.17) is 4.98 Å². The highest BCUT2D eigenvalue weighted by Crippen LogP contribution is 2.41. The van der Waals surface area contributed by atoms with Gasteiger partial charge in [0.2, 0.25) is 0 Å². The van der Waals surface area contributed by atoms with Crippen molar-refractivity contribution < 1.29 is 0 Å². The van der Waals surface area contributed by atoms with E-state index in [1.807, 2.05) is 11.3 Å². The molecule has 0 saturated heterocycles. The van der Waals surface area contributed by atoms with Crippen molar-refractivity contribution in [2.75, 3.05) is 0 Å². The SMILES string of the molecule is C/C=C\c1c(C)c2ccccc2n1-c1cc2c(sc3ccccc32)c(-n2c3ccccc3c3ccccc32)n1. The molecule has 0 aliphatic carbocycles. The third kappa shape index (κ3) is 3.12. The first-order chi connectivity index (χ1) is 19.2. The molecule has 0 aliphatic rings. The highest BCUT2D eigenvalue weighted by atomic mass is 32.1. The Morgan fingerprint density at radius 1 is 0.641 bits per heavy atom. The van der Waals surface area contributed by atoms with E-state index < -0.39 is 0 Å². The minimum absolute atomic E-state index is 0.931. The lowest BCUT2D eigenvalue weighted by atomic mass is 10.1. The van der Waals surface area contributed by atoms with Crippen LogP contribution in [0.25, 0.3) is 70.6 Å². The topological polar surface area (TPSA) is 22.8 Å². The van der Waals surface area contributed by atoms with Gasteiger partial charge in [-0.25, -0.2) is 4.98 Å². The average molecular weight is 520 g/mol. The van der Waals surface area contributed by atoms with Crippen LogP contribution in [-0.4, -0.2) is 14.1 Å². The number of fused-ring (bicyclic) bond motifs is 7. The largest absolute Gasteiger partial charge is 0.294 e. The van der Waals surface area contributed by atoms with Gasteiger partial charge in [-0.2, -0.15) is 0 Å². The maximum Gasteiger partial charge on any atom is 0.158 e. The molecule has 0 saturated carbocycles. The molecule has 39 heavy (non-hydrogen) atoms. The van der Waals surface area contributed by atoms with Crippen LogP contribution in [0.5, 0.6) is 0 Å². The Balaban J connectivity index is 1.58. The highest BCUT2D eigenvalue weighted by Gasteiger charge is 2.21. The number of aryl methyl sites for hydroxylation is 1. The third-order valence-corrected chi connectivity index (χ3v) is 9.03. The number of hydrogen-bond donors (Lipinski definition) is 0. The second kappa shape index (κ2) is 8.42. The number of allylic oxidation sites excluding steroid dienone is 1. The first-order valence-corrected chi connectivity index (χ1v) is 14.1. The molecule has 0 bridgehead atoms. The normalized spacial score (nSPS) is 12.3. The van der Waals surface area contributed by atoms with E-state index in [0.717, 1.165) is 11.6 Å². The molecule has 0 spiro atoms. The average Bonchev–Trinajstić information content (AvgIpc) is 3.61. The van der Waals surface area contributed by atoms with Gasteiger partial charge in [0.05, 0.1) is 26.9 Å². The summed E-state index contributed by atoms with van der Waals surface area (Å²) in [7, 11) is 0. The van der Waals surface area contributed by atoms with Crippen LogP contribution in [0.3, 0.4) is 0 Å². The van der Waals surface area contributed by atoms with Crippen LogP contribution in [-0.2, 0) is 0 Å². The zero-order valence-corrected chi connectivity index (χ0v) is 22.5. The van der Waals surface area contributed by atoms with E-state index in [1.54, 1.807) is 0 Å². The van der Waals surface area contributed by atoms with Gasteiger partial charge in [-0.1, -0.05) is 78.9 Å². The molecule has 0 atom stereocenters. The molecule has 3 nitrogen and oxygen atoms in total. The van der Waals surface area contributed by atoms with Gasteiger partial charge in [0.15, 0.2) is 5.82 Å². The number of thiophene rings is 1. The summed E-state index contributed by atoms with van der Waals surface area (Å²) in [5, 5.41) is 6.24. The van der Waals surface area contributed by atoms with Crippen LogP contribution in [0.1, 0.15) is 18.2 Å². The van der Waals surface area contributed by atoms with Crippen LogP contribution in [0.2, 0.25) is 0 Å². The van der Waals surface area contributed by atoms with E-state index in [9.17, 15) is 0 Å². The van der Waals surface area contributed by atoms with Crippen molar-refractivity contribution >= 4 is 70.3 Å². The van der Waals surface area contributed by atoms with Crippen molar-refractivity contribution in [2.24, 2.45) is 0 Å². The summed E-state index contributed by atoms with van der Waals surface area (Å²) in [6, 6.07) is 37.0. The Morgan fingerprint density at radius 2 is 1.21 bits per heavy atom. The van der Waals surface area contributed by atoms with Crippen LogP contribution >= 0.6 is 11.3 Å². The van der Waals surface area contributed by atoms with Crippen molar-refractivity contribution in [3.8, 4) is 11.6 Å². The summed E-state index contributed by atoms with van der Waals surface area (Å²) in [6.07, 6.45) is 4.32. The number of benzene rings is 4. The maximum absolute atomic E-state index is 5.52. The standard InChI is InChI=1S/C35H25N3S/c1-3-12-28-22(2)23-13-4-8-17-29(23)37(28)33-21-27-26-16-7-11-20-32(26)39-34(27)35(36-33)38-30-18-9-5-14-24(30)25-15-6-10-19-31(25)38/h3-21H,1-2H3/b12-3-. The molecule has 8 aromatic rings. The van der Waals surface area contributed by atoms with Gasteiger partial charge in [0.25, 0.3) is 0 Å². The number of hydrogen-bond acceptors (Lipinski definition) is 2. The molecule has 0 radical (unpaired) electrons. The Hall–Kier alpha value is -4.67. The molecule has 0 fully saturated rings. The van der Waals surface area contributed by atoms with Crippen LogP contribution in [0.4, 0.5) is 0 Å². The highest BCUT2D eigenvalue weighted by molar-refractivity contribution is 7.26. The number of aromatic nitrogens is 3. The zero-order chi connectivity index (χ0) is 26.1. The Bertz CT molecular complexity index is 2200. The van der Waals surface area contributed by atoms with Gasteiger partial charge >= 0.3 is 0 Å². The quantitative estimate of drug-likeness (QED) is 0.228. The molecule has 186 valence electrons. The first kappa shape index (κ1) is 22.3. The second-order valence-electron chi connectivity index (χ2n) is 10.0. The fraction of sp³-hybridized carbons (Fsp3) is 0.0571. The molecule has 0 unspecified atom stereocenters. The smallest absolute Gasteiger partial charge is 0.158 e. The molecule has 4 heterocycles. The van der Waals surface area contributed by atoms with Gasteiger partial charge < -0.3 is 0 Å². The summed E-state index contributed by atoms with van der Waals surface area (Å²) in [4.78, 5) is 5.52. The fourth-order valence-electron chi connectivity index (χ4n) is 6.14. The number of rotatable bonds is 3. The third-order valence-electron chi connectivity index (χ3n) is 7.85. The second-order valence-corrected chi connectivity index (χ2v) is 11.1. The minimum atomic E-state index is 0.931. The molecule has 4 aromatic heterocycles. The summed E-state index contributed by atoms with van der Waals surface area (Å²) >= 11 is 1.82. The predicted octanol–water partition coefficient (Wildman–Crippen LogP) is 9.83. The molecule has 4 aromatic carbocycles. The van der Waals surface area contributed by atoms with Gasteiger partial charge in [0, 0.05) is 31.6 Å². The van der Waals surface area contributed by atoms with Gasteiger partial charge in [0.1, 0.15) is 5.82 Å². The number of pyridine rings is 1. The molecule has 0 aliphatic heterocycles. The summed E-state index contributed by atoms with van der Waals surface area (Å²) in [5.74, 6) is 1.91. The molecular formula is C35H25N3S. The summed E-state index contributed by atoms with van der Waals surface area (Å²) in [5.41, 5.74) is 5.94.